The summed E-state index contributed by atoms with van der Waals surface area (Å²) < 4.78 is 26.3. The molecule has 1 aromatic heterocycles. The summed E-state index contributed by atoms with van der Waals surface area (Å²) in [7, 11) is 0. The Labute approximate surface area is 144 Å². The second kappa shape index (κ2) is 7.14. The van der Waals surface area contributed by atoms with Gasteiger partial charge in [-0.25, -0.2) is 13.8 Å². The van der Waals surface area contributed by atoms with Crippen molar-refractivity contribution in [2.45, 2.75) is 13.0 Å². The van der Waals surface area contributed by atoms with E-state index in [0.717, 1.165) is 18.0 Å². The van der Waals surface area contributed by atoms with Crippen LogP contribution in [-0.2, 0) is 0 Å². The number of carbonyl (C=O) groups is 1. The number of anilines is 1. The van der Waals surface area contributed by atoms with Crippen LogP contribution in [0.5, 0.6) is 0 Å². The Hall–Kier alpha value is -2.54. The summed E-state index contributed by atoms with van der Waals surface area (Å²) in [6.07, 6.45) is -0.642. The van der Waals surface area contributed by atoms with Crippen LogP contribution in [0.4, 0.5) is 14.6 Å². The molecule has 0 radical (unpaired) electrons. The molecule has 0 spiro atoms. The first kappa shape index (κ1) is 17.3. The van der Waals surface area contributed by atoms with Crippen LogP contribution in [0.25, 0.3) is 0 Å². The number of hydrogen-bond donors (Lipinski definition) is 1. The highest BCUT2D eigenvalue weighted by Gasteiger charge is 2.23. The highest BCUT2D eigenvalue weighted by molar-refractivity contribution is 5.94. The third-order valence-corrected chi connectivity index (χ3v) is 4.24. The lowest BCUT2D eigenvalue weighted by Crippen LogP contribution is -2.49. The van der Waals surface area contributed by atoms with Crippen molar-refractivity contribution in [3.63, 3.8) is 0 Å². The van der Waals surface area contributed by atoms with Gasteiger partial charge < -0.3 is 14.9 Å². The van der Waals surface area contributed by atoms with Crippen LogP contribution in [0.3, 0.4) is 0 Å². The van der Waals surface area contributed by atoms with Gasteiger partial charge in [-0.15, -0.1) is 0 Å². The third kappa shape index (κ3) is 3.76. The second-order valence-electron chi connectivity index (χ2n) is 6.00. The van der Waals surface area contributed by atoms with E-state index >= 15 is 0 Å². The molecule has 1 aliphatic rings. The van der Waals surface area contributed by atoms with Crippen molar-refractivity contribution in [1.82, 2.24) is 9.88 Å². The van der Waals surface area contributed by atoms with Crippen molar-refractivity contribution in [3.05, 3.63) is 59.3 Å². The minimum Gasteiger partial charge on any atom is -0.387 e. The van der Waals surface area contributed by atoms with Gasteiger partial charge in [0, 0.05) is 31.7 Å². The molecule has 2 heterocycles. The maximum absolute atomic E-state index is 13.3. The van der Waals surface area contributed by atoms with E-state index in [1.165, 1.54) is 6.07 Å². The number of nitrogens with zero attached hydrogens (tertiary/aromatic N) is 3. The van der Waals surface area contributed by atoms with Crippen LogP contribution in [0.1, 0.15) is 29.1 Å². The minimum atomic E-state index is -1.02. The molecule has 1 aromatic carbocycles. The fourth-order valence-corrected chi connectivity index (χ4v) is 2.80. The Kier molecular flexibility index (Phi) is 4.94. The minimum absolute atomic E-state index is 0.140. The molecular weight excluding hydrogens is 328 g/mol. The molecule has 1 unspecified atom stereocenters. The molecular formula is C18H19F2N3O2. The van der Waals surface area contributed by atoms with Crippen LogP contribution in [0, 0.1) is 11.6 Å². The van der Waals surface area contributed by atoms with Gasteiger partial charge in [0.25, 0.3) is 5.91 Å². The Morgan fingerprint density at radius 1 is 1.12 bits per heavy atom. The monoisotopic (exact) mass is 347 g/mol. The van der Waals surface area contributed by atoms with E-state index in [2.05, 4.69) is 4.98 Å². The molecule has 132 valence electrons. The van der Waals surface area contributed by atoms with Gasteiger partial charge in [-0.05, 0) is 37.3 Å². The van der Waals surface area contributed by atoms with E-state index in [9.17, 15) is 18.7 Å². The molecule has 7 heteroatoms. The first-order valence-electron chi connectivity index (χ1n) is 8.10. The molecule has 3 rings (SSSR count). The quantitative estimate of drug-likeness (QED) is 0.926. The number of aromatic nitrogens is 1. The standard InChI is InChI=1S/C18H19F2N3O2/c1-12(24)16-3-2-4-17(21-16)22-7-9-23(10-8-22)18(25)13-5-6-14(19)15(20)11-13/h2-6,11-12,24H,7-10H2,1H3. The maximum atomic E-state index is 13.3. The van der Waals surface area contributed by atoms with Crippen LogP contribution in [0.15, 0.2) is 36.4 Å². The number of aliphatic hydroxyl groups excluding tert-OH is 1. The number of amides is 1. The molecule has 1 atom stereocenters. The molecule has 1 N–H and O–H groups in total. The van der Waals surface area contributed by atoms with E-state index in [-0.39, 0.29) is 11.5 Å². The van der Waals surface area contributed by atoms with E-state index in [1.54, 1.807) is 17.9 Å². The average Bonchev–Trinajstić information content (AvgIpc) is 2.63. The fraction of sp³-hybridized carbons (Fsp3) is 0.333. The van der Waals surface area contributed by atoms with E-state index in [1.807, 2.05) is 17.0 Å². The zero-order valence-corrected chi connectivity index (χ0v) is 13.8. The second-order valence-corrected chi connectivity index (χ2v) is 6.00. The summed E-state index contributed by atoms with van der Waals surface area (Å²) in [6, 6.07) is 8.64. The number of aliphatic hydroxyl groups is 1. The largest absolute Gasteiger partial charge is 0.387 e. The van der Waals surface area contributed by atoms with Crippen LogP contribution in [0.2, 0.25) is 0 Å². The van der Waals surface area contributed by atoms with Crippen LogP contribution < -0.4 is 4.90 Å². The van der Waals surface area contributed by atoms with Gasteiger partial charge in [0.15, 0.2) is 11.6 Å². The first-order chi connectivity index (χ1) is 12.0. The van der Waals surface area contributed by atoms with Gasteiger partial charge >= 0.3 is 0 Å². The molecule has 1 fully saturated rings. The van der Waals surface area contributed by atoms with Crippen molar-refractivity contribution in [2.75, 3.05) is 31.1 Å². The lowest BCUT2D eigenvalue weighted by atomic mass is 10.1. The SMILES string of the molecule is CC(O)c1cccc(N2CCN(C(=O)c3ccc(F)c(F)c3)CC2)n1. The van der Waals surface area contributed by atoms with Gasteiger partial charge in [0.1, 0.15) is 5.82 Å². The number of rotatable bonds is 3. The predicted octanol–water partition coefficient (Wildman–Crippen LogP) is 2.38. The normalized spacial score (nSPS) is 16.0. The number of piperazine rings is 1. The number of benzene rings is 1. The smallest absolute Gasteiger partial charge is 0.254 e. The molecule has 0 bridgehead atoms. The van der Waals surface area contributed by atoms with Gasteiger partial charge in [-0.1, -0.05) is 6.07 Å². The van der Waals surface area contributed by atoms with E-state index in [4.69, 9.17) is 0 Å². The highest BCUT2D eigenvalue weighted by Crippen LogP contribution is 2.19. The average molecular weight is 347 g/mol. The lowest BCUT2D eigenvalue weighted by molar-refractivity contribution is 0.0746. The summed E-state index contributed by atoms with van der Waals surface area (Å²) in [5, 5.41) is 9.64. The van der Waals surface area contributed by atoms with E-state index in [0.29, 0.717) is 31.9 Å². The van der Waals surface area contributed by atoms with Crippen molar-refractivity contribution >= 4 is 11.7 Å². The number of carbonyl (C=O) groups excluding carboxylic acids is 1. The first-order valence-corrected chi connectivity index (χ1v) is 8.10. The molecule has 1 aliphatic heterocycles. The molecule has 0 saturated carbocycles. The molecule has 1 saturated heterocycles. The number of pyridine rings is 1. The van der Waals surface area contributed by atoms with Crippen LogP contribution in [-0.4, -0.2) is 47.1 Å². The van der Waals surface area contributed by atoms with Gasteiger partial charge in [-0.2, -0.15) is 0 Å². The summed E-state index contributed by atoms with van der Waals surface area (Å²) in [5.74, 6) is -1.56. The summed E-state index contributed by atoms with van der Waals surface area (Å²) in [5.41, 5.74) is 0.736. The van der Waals surface area contributed by atoms with Gasteiger partial charge in [0.2, 0.25) is 0 Å². The highest BCUT2D eigenvalue weighted by atomic mass is 19.2. The van der Waals surface area contributed by atoms with Gasteiger partial charge in [0.05, 0.1) is 11.8 Å². The van der Waals surface area contributed by atoms with E-state index < -0.39 is 17.7 Å². The van der Waals surface area contributed by atoms with Crippen molar-refractivity contribution in [1.29, 1.82) is 0 Å². The summed E-state index contributed by atoms with van der Waals surface area (Å²) >= 11 is 0. The molecule has 0 aliphatic carbocycles. The Morgan fingerprint density at radius 3 is 2.48 bits per heavy atom. The predicted molar refractivity (Wildman–Crippen MR) is 89.3 cm³/mol. The third-order valence-electron chi connectivity index (χ3n) is 4.24. The molecule has 25 heavy (non-hydrogen) atoms. The lowest BCUT2D eigenvalue weighted by Gasteiger charge is -2.35. The summed E-state index contributed by atoms with van der Waals surface area (Å²) in [4.78, 5) is 20.5. The Morgan fingerprint density at radius 2 is 1.84 bits per heavy atom. The fourth-order valence-electron chi connectivity index (χ4n) is 2.80. The van der Waals surface area contributed by atoms with Crippen molar-refractivity contribution < 1.29 is 18.7 Å². The zero-order valence-electron chi connectivity index (χ0n) is 13.8. The Bertz CT molecular complexity index is 775. The van der Waals surface area contributed by atoms with Crippen molar-refractivity contribution in [2.24, 2.45) is 0 Å². The number of hydrogen-bond acceptors (Lipinski definition) is 4. The molecule has 5 nitrogen and oxygen atoms in total. The van der Waals surface area contributed by atoms with Gasteiger partial charge in [-0.3, -0.25) is 4.79 Å². The zero-order chi connectivity index (χ0) is 18.0. The summed E-state index contributed by atoms with van der Waals surface area (Å²) in [6.45, 7) is 3.72. The molecule has 1 amide bonds. The topological polar surface area (TPSA) is 56.7 Å². The maximum Gasteiger partial charge on any atom is 0.254 e. The Balaban J connectivity index is 1.66. The van der Waals surface area contributed by atoms with Crippen LogP contribution >= 0.6 is 0 Å². The molecule has 2 aromatic rings. The number of halogens is 2. The van der Waals surface area contributed by atoms with Crippen molar-refractivity contribution in [3.8, 4) is 0 Å².